The molecule has 0 spiro atoms. The first-order valence-electron chi connectivity index (χ1n) is 23.5. The Bertz CT molecular complexity index is 1020. The maximum absolute atomic E-state index is 12.8. The summed E-state index contributed by atoms with van der Waals surface area (Å²) in [5.41, 5.74) is 0. The first-order valence-corrected chi connectivity index (χ1v) is 25.0. The van der Waals surface area contributed by atoms with Crippen LogP contribution in [-0.2, 0) is 27.9 Å². The number of esters is 1. The summed E-state index contributed by atoms with van der Waals surface area (Å²) in [7, 11) is -5.00. The van der Waals surface area contributed by atoms with Crippen LogP contribution in [0.1, 0.15) is 206 Å². The summed E-state index contributed by atoms with van der Waals surface area (Å²) in [6, 6.07) is 0. The molecule has 1 rings (SSSR count). The second kappa shape index (κ2) is 36.7. The molecule has 1 aliphatic carbocycles. The van der Waals surface area contributed by atoms with E-state index in [4.69, 9.17) is 18.5 Å². The molecule has 13 heteroatoms. The van der Waals surface area contributed by atoms with Gasteiger partial charge in [0.15, 0.2) is 0 Å². The average molecular weight is 851 g/mol. The van der Waals surface area contributed by atoms with Gasteiger partial charge in [0.2, 0.25) is 0 Å². The van der Waals surface area contributed by atoms with Gasteiger partial charge in [-0.1, -0.05) is 174 Å². The quantitative estimate of drug-likeness (QED) is 0.0148. The number of phosphoric ester groups is 1. The van der Waals surface area contributed by atoms with Crippen LogP contribution in [0.15, 0.2) is 12.2 Å². The number of ether oxygens (including phenoxy) is 2. The lowest BCUT2D eigenvalue weighted by molar-refractivity contribution is -0.220. The second-order valence-corrected chi connectivity index (χ2v) is 18.0. The Morgan fingerprint density at radius 2 is 0.914 bits per heavy atom. The number of hydrogen-bond donors (Lipinski definition) is 6. The molecule has 0 bridgehead atoms. The maximum atomic E-state index is 12.8. The summed E-state index contributed by atoms with van der Waals surface area (Å²) < 4.78 is 34.0. The van der Waals surface area contributed by atoms with Gasteiger partial charge in [0.1, 0.15) is 42.7 Å². The molecule has 6 N–H and O–H groups in total. The van der Waals surface area contributed by atoms with Crippen molar-refractivity contribution in [2.45, 2.75) is 249 Å². The number of rotatable bonds is 40. The highest BCUT2D eigenvalue weighted by molar-refractivity contribution is 7.47. The van der Waals surface area contributed by atoms with Gasteiger partial charge in [0.25, 0.3) is 0 Å². The Kier molecular flexibility index (Phi) is 34.9. The molecule has 0 aliphatic heterocycles. The minimum atomic E-state index is -5.00. The highest BCUT2D eigenvalue weighted by atomic mass is 31.2. The third-order valence-corrected chi connectivity index (χ3v) is 12.1. The topological polar surface area (TPSA) is 192 Å². The molecule has 0 aromatic carbocycles. The van der Waals surface area contributed by atoms with E-state index in [-0.39, 0.29) is 13.0 Å². The second-order valence-electron chi connectivity index (χ2n) is 16.6. The summed E-state index contributed by atoms with van der Waals surface area (Å²) in [6.45, 7) is 4.21. The summed E-state index contributed by atoms with van der Waals surface area (Å²) >= 11 is 0. The third-order valence-electron chi connectivity index (χ3n) is 11.1. The molecule has 0 aromatic heterocycles. The van der Waals surface area contributed by atoms with Crippen LogP contribution in [0.25, 0.3) is 0 Å². The standard InChI is InChI=1S/C45H87O12P/c1-3-5-7-9-11-12-13-14-15-16-17-18-19-20-21-22-23-24-25-26-27-29-31-33-35-54-36-38(56-39(46)34-32-30-28-10-8-6-4-2)37-55-58(52,53)57-45-43(50)41(48)40(47)42(49)44(45)51/h16-17,38,40-45,47-51H,3-15,18-37H2,1-2H3,(H,52,53)/b17-16-. The summed E-state index contributed by atoms with van der Waals surface area (Å²) in [5.74, 6) is -0.481. The molecule has 12 nitrogen and oxygen atoms in total. The molecule has 0 amide bonds. The molecule has 1 aliphatic rings. The molecule has 344 valence electrons. The first kappa shape index (κ1) is 55.1. The van der Waals surface area contributed by atoms with E-state index in [1.807, 2.05) is 0 Å². The van der Waals surface area contributed by atoms with Crippen molar-refractivity contribution in [2.24, 2.45) is 0 Å². The molecule has 0 radical (unpaired) electrons. The lowest BCUT2D eigenvalue weighted by Gasteiger charge is -2.41. The monoisotopic (exact) mass is 851 g/mol. The van der Waals surface area contributed by atoms with Crippen LogP contribution in [0.5, 0.6) is 0 Å². The van der Waals surface area contributed by atoms with E-state index >= 15 is 0 Å². The fourth-order valence-corrected chi connectivity index (χ4v) is 8.32. The molecule has 6 atom stereocenters. The van der Waals surface area contributed by atoms with Gasteiger partial charge < -0.3 is 39.9 Å². The molecule has 58 heavy (non-hydrogen) atoms. The fourth-order valence-electron chi connectivity index (χ4n) is 7.35. The van der Waals surface area contributed by atoms with Gasteiger partial charge in [-0.05, 0) is 38.5 Å². The van der Waals surface area contributed by atoms with Crippen molar-refractivity contribution in [3.63, 3.8) is 0 Å². The van der Waals surface area contributed by atoms with Crippen LogP contribution in [0.2, 0.25) is 0 Å². The fraction of sp³-hybridized carbons (Fsp3) is 0.933. The number of unbranched alkanes of at least 4 members (excludes halogenated alkanes) is 26. The van der Waals surface area contributed by atoms with Gasteiger partial charge in [-0.25, -0.2) is 4.57 Å². The predicted octanol–water partition coefficient (Wildman–Crippen LogP) is 9.53. The van der Waals surface area contributed by atoms with Crippen molar-refractivity contribution < 1.29 is 58.3 Å². The van der Waals surface area contributed by atoms with Crippen LogP contribution in [0.4, 0.5) is 0 Å². The molecular formula is C45H87O12P. The number of phosphoric acid groups is 1. The van der Waals surface area contributed by atoms with Crippen LogP contribution in [0, 0.1) is 0 Å². The zero-order chi connectivity index (χ0) is 42.7. The van der Waals surface area contributed by atoms with Crippen LogP contribution < -0.4 is 0 Å². The number of allylic oxidation sites excluding steroid dienone is 2. The van der Waals surface area contributed by atoms with Crippen molar-refractivity contribution in [2.75, 3.05) is 19.8 Å². The average Bonchev–Trinajstić information content (AvgIpc) is 3.20. The van der Waals surface area contributed by atoms with Crippen molar-refractivity contribution >= 4 is 13.8 Å². The van der Waals surface area contributed by atoms with E-state index in [9.17, 15) is 39.8 Å². The minimum absolute atomic E-state index is 0.0723. The smallest absolute Gasteiger partial charge is 0.457 e. The number of carbonyl (C=O) groups excluding carboxylic acids is 1. The number of hydrogen-bond acceptors (Lipinski definition) is 11. The summed E-state index contributed by atoms with van der Waals surface area (Å²) in [4.78, 5) is 23.0. The molecule has 0 heterocycles. The zero-order valence-corrected chi connectivity index (χ0v) is 37.5. The van der Waals surface area contributed by atoms with Crippen LogP contribution in [-0.4, -0.2) is 98.9 Å². The van der Waals surface area contributed by atoms with Gasteiger partial charge in [-0.15, -0.1) is 0 Å². The van der Waals surface area contributed by atoms with Crippen LogP contribution >= 0.6 is 7.82 Å². The lowest BCUT2D eigenvalue weighted by atomic mass is 9.85. The Morgan fingerprint density at radius 3 is 1.36 bits per heavy atom. The van der Waals surface area contributed by atoms with Gasteiger partial charge >= 0.3 is 13.8 Å². The zero-order valence-electron chi connectivity index (χ0n) is 36.6. The number of aliphatic hydroxyl groups is 5. The van der Waals surface area contributed by atoms with Gasteiger partial charge in [0.05, 0.1) is 13.2 Å². The predicted molar refractivity (Wildman–Crippen MR) is 230 cm³/mol. The molecular weight excluding hydrogens is 763 g/mol. The molecule has 0 aromatic rings. The molecule has 6 unspecified atom stereocenters. The highest BCUT2D eigenvalue weighted by Gasteiger charge is 2.51. The third kappa shape index (κ3) is 28.6. The SMILES string of the molecule is CCCCCCCCCC/C=C\CCCCCCCCCCCCCCOCC(COP(=O)(O)OC1C(O)C(O)C(O)C(O)C1O)OC(=O)CCCCCCCCC. The largest absolute Gasteiger partial charge is 0.472 e. The van der Waals surface area contributed by atoms with Gasteiger partial charge in [0, 0.05) is 13.0 Å². The van der Waals surface area contributed by atoms with Crippen molar-refractivity contribution in [1.82, 2.24) is 0 Å². The van der Waals surface area contributed by atoms with E-state index in [0.717, 1.165) is 44.9 Å². The summed E-state index contributed by atoms with van der Waals surface area (Å²) in [6.07, 6.45) is 27.6. The molecule has 0 saturated heterocycles. The number of carbonyl (C=O) groups is 1. The van der Waals surface area contributed by atoms with E-state index in [0.29, 0.717) is 13.0 Å². The lowest BCUT2D eigenvalue weighted by Crippen LogP contribution is -2.64. The van der Waals surface area contributed by atoms with Gasteiger partial charge in [-0.2, -0.15) is 0 Å². The van der Waals surface area contributed by atoms with Crippen molar-refractivity contribution in [3.05, 3.63) is 12.2 Å². The van der Waals surface area contributed by atoms with Crippen molar-refractivity contribution in [3.8, 4) is 0 Å². The molecule has 1 saturated carbocycles. The first-order chi connectivity index (χ1) is 28.0. The van der Waals surface area contributed by atoms with E-state index in [2.05, 4.69) is 26.0 Å². The summed E-state index contributed by atoms with van der Waals surface area (Å²) in [5, 5.41) is 50.0. The molecule has 1 fully saturated rings. The minimum Gasteiger partial charge on any atom is -0.457 e. The maximum Gasteiger partial charge on any atom is 0.472 e. The van der Waals surface area contributed by atoms with E-state index < -0.39 is 63.1 Å². The Labute approximate surface area is 352 Å². The Balaban J connectivity index is 2.23. The highest BCUT2D eigenvalue weighted by Crippen LogP contribution is 2.47. The normalized spacial score (nSPS) is 22.7. The Morgan fingerprint density at radius 1 is 0.534 bits per heavy atom. The van der Waals surface area contributed by atoms with E-state index in [1.54, 1.807) is 0 Å². The van der Waals surface area contributed by atoms with E-state index in [1.165, 1.54) is 135 Å². The van der Waals surface area contributed by atoms with Crippen molar-refractivity contribution in [1.29, 1.82) is 0 Å². The Hall–Kier alpha value is -0.920. The van der Waals surface area contributed by atoms with Crippen LogP contribution in [0.3, 0.4) is 0 Å². The number of aliphatic hydroxyl groups excluding tert-OH is 5. The van der Waals surface area contributed by atoms with Gasteiger partial charge in [-0.3, -0.25) is 13.8 Å².